The molecule has 0 heterocycles. The van der Waals surface area contributed by atoms with E-state index in [4.69, 9.17) is 21.7 Å². The Balaban J connectivity index is 2.09. The van der Waals surface area contributed by atoms with Crippen LogP contribution in [0.15, 0.2) is 36.4 Å². The van der Waals surface area contributed by atoms with Crippen LogP contribution in [0.25, 0.3) is 0 Å². The van der Waals surface area contributed by atoms with E-state index in [1.54, 1.807) is 14.2 Å². The minimum atomic E-state index is 0.109. The number of nitrogens with one attached hydrogen (secondary N) is 2. The Bertz CT molecular complexity index is 709. The first kappa shape index (κ1) is 18.1. The van der Waals surface area contributed by atoms with Crippen LogP contribution in [-0.4, -0.2) is 19.3 Å². The summed E-state index contributed by atoms with van der Waals surface area (Å²) in [5.74, 6) is 1.42. The number of hydrogen-bond acceptors (Lipinski definition) is 3. The Labute approximate surface area is 149 Å². The van der Waals surface area contributed by atoms with Crippen LogP contribution in [0.5, 0.6) is 11.5 Å². The van der Waals surface area contributed by atoms with E-state index in [1.165, 1.54) is 16.7 Å². The van der Waals surface area contributed by atoms with E-state index in [0.29, 0.717) is 16.6 Å². The monoisotopic (exact) mass is 344 g/mol. The zero-order valence-electron chi connectivity index (χ0n) is 14.8. The number of anilines is 1. The Hall–Kier alpha value is -2.27. The topological polar surface area (TPSA) is 42.5 Å². The highest BCUT2D eigenvalue weighted by atomic mass is 32.1. The van der Waals surface area contributed by atoms with Crippen molar-refractivity contribution >= 4 is 23.0 Å². The second-order valence-corrected chi connectivity index (χ2v) is 6.19. The summed E-state index contributed by atoms with van der Waals surface area (Å²) in [4.78, 5) is 0. The first-order valence-electron chi connectivity index (χ1n) is 7.80. The molecule has 128 valence electrons. The summed E-state index contributed by atoms with van der Waals surface area (Å²) in [6.45, 7) is 6.30. The largest absolute Gasteiger partial charge is 0.497 e. The van der Waals surface area contributed by atoms with Gasteiger partial charge in [0.15, 0.2) is 5.11 Å². The summed E-state index contributed by atoms with van der Waals surface area (Å²) in [5.41, 5.74) is 4.53. The number of aryl methyl sites for hydroxylation is 2. The lowest BCUT2D eigenvalue weighted by Crippen LogP contribution is -2.31. The van der Waals surface area contributed by atoms with Crippen LogP contribution in [0.1, 0.15) is 29.7 Å². The van der Waals surface area contributed by atoms with Crippen molar-refractivity contribution in [3.05, 3.63) is 53.1 Å². The van der Waals surface area contributed by atoms with Crippen molar-refractivity contribution in [3.63, 3.8) is 0 Å². The molecule has 2 aromatic rings. The molecule has 0 amide bonds. The van der Waals surface area contributed by atoms with Gasteiger partial charge in [0.1, 0.15) is 11.5 Å². The SMILES string of the molecule is COc1cc(NC(=S)NC(C)c2cc(C)ccc2C)cc(OC)c1. The van der Waals surface area contributed by atoms with Gasteiger partial charge >= 0.3 is 0 Å². The fraction of sp³-hybridized carbons (Fsp3) is 0.316. The van der Waals surface area contributed by atoms with Gasteiger partial charge in [0, 0.05) is 23.9 Å². The number of rotatable bonds is 5. The average molecular weight is 344 g/mol. The zero-order valence-corrected chi connectivity index (χ0v) is 15.6. The third-order valence-electron chi connectivity index (χ3n) is 3.86. The van der Waals surface area contributed by atoms with Crippen LogP contribution in [0.3, 0.4) is 0 Å². The predicted octanol–water partition coefficient (Wildman–Crippen LogP) is 4.37. The van der Waals surface area contributed by atoms with E-state index in [2.05, 4.69) is 49.6 Å². The molecule has 0 aliphatic rings. The number of thiocarbonyl (C=S) groups is 1. The molecule has 2 rings (SSSR count). The molecule has 1 atom stereocenters. The highest BCUT2D eigenvalue weighted by molar-refractivity contribution is 7.80. The van der Waals surface area contributed by atoms with Crippen molar-refractivity contribution in [2.24, 2.45) is 0 Å². The van der Waals surface area contributed by atoms with Crippen LogP contribution in [-0.2, 0) is 0 Å². The van der Waals surface area contributed by atoms with Gasteiger partial charge in [-0.05, 0) is 44.1 Å². The first-order valence-corrected chi connectivity index (χ1v) is 8.21. The minimum absolute atomic E-state index is 0.109. The van der Waals surface area contributed by atoms with Gasteiger partial charge in [-0.15, -0.1) is 0 Å². The molecular formula is C19H24N2O2S. The molecule has 1 unspecified atom stereocenters. The normalized spacial score (nSPS) is 11.5. The molecule has 0 saturated heterocycles. The van der Waals surface area contributed by atoms with Crippen LogP contribution in [0, 0.1) is 13.8 Å². The lowest BCUT2D eigenvalue weighted by Gasteiger charge is -2.20. The van der Waals surface area contributed by atoms with Crippen molar-refractivity contribution in [1.82, 2.24) is 5.32 Å². The second kappa shape index (κ2) is 8.02. The number of ether oxygens (including phenoxy) is 2. The van der Waals surface area contributed by atoms with Crippen LogP contribution < -0.4 is 20.1 Å². The van der Waals surface area contributed by atoms with Gasteiger partial charge in [0.05, 0.1) is 20.3 Å². The summed E-state index contributed by atoms with van der Waals surface area (Å²) >= 11 is 5.44. The van der Waals surface area contributed by atoms with Gasteiger partial charge in [-0.25, -0.2) is 0 Å². The van der Waals surface area contributed by atoms with E-state index in [9.17, 15) is 0 Å². The molecule has 0 fully saturated rings. The van der Waals surface area contributed by atoms with Crippen molar-refractivity contribution in [1.29, 1.82) is 0 Å². The molecule has 0 spiro atoms. The smallest absolute Gasteiger partial charge is 0.171 e. The van der Waals surface area contributed by atoms with E-state index >= 15 is 0 Å². The Morgan fingerprint density at radius 3 is 2.21 bits per heavy atom. The molecule has 24 heavy (non-hydrogen) atoms. The maximum absolute atomic E-state index is 5.44. The van der Waals surface area contributed by atoms with Gasteiger partial charge in [-0.2, -0.15) is 0 Å². The molecule has 5 heteroatoms. The van der Waals surface area contributed by atoms with E-state index < -0.39 is 0 Å². The van der Waals surface area contributed by atoms with Gasteiger partial charge in [0.2, 0.25) is 0 Å². The third kappa shape index (κ3) is 4.61. The number of hydrogen-bond donors (Lipinski definition) is 2. The molecule has 0 bridgehead atoms. The summed E-state index contributed by atoms with van der Waals surface area (Å²) in [6.07, 6.45) is 0. The van der Waals surface area contributed by atoms with Crippen molar-refractivity contribution < 1.29 is 9.47 Å². The van der Waals surface area contributed by atoms with Gasteiger partial charge in [-0.3, -0.25) is 0 Å². The molecule has 0 aromatic heterocycles. The molecular weight excluding hydrogens is 320 g/mol. The lowest BCUT2D eigenvalue weighted by molar-refractivity contribution is 0.395. The lowest BCUT2D eigenvalue weighted by atomic mass is 10.0. The number of methoxy groups -OCH3 is 2. The molecule has 4 nitrogen and oxygen atoms in total. The molecule has 0 aliphatic heterocycles. The van der Waals surface area contributed by atoms with Crippen molar-refractivity contribution in [3.8, 4) is 11.5 Å². The quantitative estimate of drug-likeness (QED) is 0.789. The fourth-order valence-corrected chi connectivity index (χ4v) is 2.84. The highest BCUT2D eigenvalue weighted by Crippen LogP contribution is 2.26. The Morgan fingerprint density at radius 1 is 1.00 bits per heavy atom. The van der Waals surface area contributed by atoms with E-state index in [-0.39, 0.29) is 6.04 Å². The Kier molecular flexibility index (Phi) is 6.04. The summed E-state index contributed by atoms with van der Waals surface area (Å²) in [7, 11) is 3.25. The van der Waals surface area contributed by atoms with Gasteiger partial charge < -0.3 is 20.1 Å². The first-order chi connectivity index (χ1) is 11.4. The Morgan fingerprint density at radius 2 is 1.62 bits per heavy atom. The van der Waals surface area contributed by atoms with E-state index in [1.807, 2.05) is 18.2 Å². The van der Waals surface area contributed by atoms with Gasteiger partial charge in [0.25, 0.3) is 0 Å². The molecule has 0 aliphatic carbocycles. The zero-order chi connectivity index (χ0) is 17.7. The van der Waals surface area contributed by atoms with E-state index in [0.717, 1.165) is 5.69 Å². The standard InChI is InChI=1S/C19H24N2O2S/c1-12-6-7-13(2)18(8-12)14(3)20-19(24)21-15-9-16(22-4)11-17(10-15)23-5/h6-11,14H,1-5H3,(H2,20,21,24). The molecule has 2 N–H and O–H groups in total. The molecule has 0 radical (unpaired) electrons. The maximum atomic E-state index is 5.44. The summed E-state index contributed by atoms with van der Waals surface area (Å²) < 4.78 is 10.5. The van der Waals surface area contributed by atoms with Crippen LogP contribution >= 0.6 is 12.2 Å². The maximum Gasteiger partial charge on any atom is 0.171 e. The van der Waals surface area contributed by atoms with Crippen LogP contribution in [0.4, 0.5) is 5.69 Å². The summed E-state index contributed by atoms with van der Waals surface area (Å²) in [5, 5.41) is 7.07. The number of benzene rings is 2. The molecule has 0 saturated carbocycles. The van der Waals surface area contributed by atoms with Gasteiger partial charge in [-0.1, -0.05) is 23.8 Å². The second-order valence-electron chi connectivity index (χ2n) is 5.78. The van der Waals surface area contributed by atoms with Crippen LogP contribution in [0.2, 0.25) is 0 Å². The average Bonchev–Trinajstić information content (AvgIpc) is 2.56. The third-order valence-corrected chi connectivity index (χ3v) is 4.08. The fourth-order valence-electron chi connectivity index (χ4n) is 2.55. The highest BCUT2D eigenvalue weighted by Gasteiger charge is 2.11. The minimum Gasteiger partial charge on any atom is -0.497 e. The van der Waals surface area contributed by atoms with Crippen molar-refractivity contribution in [2.75, 3.05) is 19.5 Å². The van der Waals surface area contributed by atoms with Crippen molar-refractivity contribution in [2.45, 2.75) is 26.8 Å². The molecule has 2 aromatic carbocycles. The predicted molar refractivity (Wildman–Crippen MR) is 103 cm³/mol. The summed E-state index contributed by atoms with van der Waals surface area (Å²) in [6, 6.07) is 12.1.